The highest BCUT2D eigenvalue weighted by Gasteiger charge is 2.37. The summed E-state index contributed by atoms with van der Waals surface area (Å²) >= 11 is 2.71. The van der Waals surface area contributed by atoms with Gasteiger partial charge in [-0.25, -0.2) is 14.6 Å². The number of thiazole rings is 1. The Morgan fingerprint density at radius 1 is 1.50 bits per heavy atom. The van der Waals surface area contributed by atoms with Gasteiger partial charge >= 0.3 is 12.1 Å². The molecule has 1 saturated carbocycles. The number of rotatable bonds is 11. The number of carbonyl (C=O) groups excluding carboxylic acids is 1. The minimum absolute atomic E-state index is 0.0434. The van der Waals surface area contributed by atoms with Gasteiger partial charge in [0.2, 0.25) is 0 Å². The smallest absolute Gasteiger partial charge is 0.410 e. The first-order chi connectivity index (χ1) is 14.2. The van der Waals surface area contributed by atoms with E-state index in [1.54, 1.807) is 4.90 Å². The lowest BCUT2D eigenvalue weighted by molar-refractivity contribution is 0.0422. The molecule has 1 aliphatic heterocycles. The minimum atomic E-state index is -1.04. The summed E-state index contributed by atoms with van der Waals surface area (Å²) in [6.07, 6.45) is 9.64. The third-order valence-electron chi connectivity index (χ3n) is 5.83. The van der Waals surface area contributed by atoms with Gasteiger partial charge in [-0.15, -0.1) is 11.3 Å². The number of amides is 1. The SMILES string of the molecule is C[C@@H]1OC(=O)N(CCSc2nc(C(=O)O)cs2)[C@H]1C=CCC(C)(O)CCC1CCC1. The van der Waals surface area contributed by atoms with Crippen molar-refractivity contribution >= 4 is 35.2 Å². The number of ether oxygens (including phenoxy) is 1. The average Bonchev–Trinajstić information content (AvgIpc) is 3.20. The summed E-state index contributed by atoms with van der Waals surface area (Å²) in [5.74, 6) is 0.334. The van der Waals surface area contributed by atoms with Crippen molar-refractivity contribution in [2.45, 2.75) is 74.5 Å². The van der Waals surface area contributed by atoms with E-state index in [0.717, 1.165) is 18.8 Å². The van der Waals surface area contributed by atoms with E-state index < -0.39 is 11.6 Å². The quantitative estimate of drug-likeness (QED) is 0.377. The minimum Gasteiger partial charge on any atom is -0.476 e. The molecule has 9 heteroatoms. The van der Waals surface area contributed by atoms with Crippen molar-refractivity contribution in [2.75, 3.05) is 12.3 Å². The van der Waals surface area contributed by atoms with Crippen molar-refractivity contribution in [3.8, 4) is 0 Å². The zero-order valence-corrected chi connectivity index (χ0v) is 19.1. The second-order valence-corrected chi connectivity index (χ2v) is 10.6. The standard InChI is InChI=1S/C21H30N2O5S2/c1-14-17(7-4-9-21(2,27)10-8-15-5-3-6-15)23(20(26)28-14)11-12-29-19-22-16(13-30-19)18(24)25/h4,7,13-15,17,27H,3,5-6,8-12H2,1-2H3,(H,24,25)/t14-,17-,21?/m0/s1. The van der Waals surface area contributed by atoms with Crippen LogP contribution in [-0.2, 0) is 4.74 Å². The lowest BCUT2D eigenvalue weighted by Crippen LogP contribution is -2.36. The van der Waals surface area contributed by atoms with Crippen LogP contribution < -0.4 is 0 Å². The molecule has 30 heavy (non-hydrogen) atoms. The van der Waals surface area contributed by atoms with Gasteiger partial charge in [0.15, 0.2) is 10.0 Å². The van der Waals surface area contributed by atoms with Crippen molar-refractivity contribution in [3.05, 3.63) is 23.2 Å². The molecule has 1 aromatic heterocycles. The average molecular weight is 455 g/mol. The summed E-state index contributed by atoms with van der Waals surface area (Å²) in [6, 6.07) is -0.175. The Morgan fingerprint density at radius 2 is 2.27 bits per heavy atom. The highest BCUT2D eigenvalue weighted by atomic mass is 32.2. The lowest BCUT2D eigenvalue weighted by Gasteiger charge is -2.29. The highest BCUT2D eigenvalue weighted by molar-refractivity contribution is 8.01. The zero-order valence-electron chi connectivity index (χ0n) is 17.5. The molecule has 1 amide bonds. The van der Waals surface area contributed by atoms with Gasteiger partial charge < -0.3 is 14.9 Å². The molecule has 2 N–H and O–H groups in total. The lowest BCUT2D eigenvalue weighted by atomic mass is 9.79. The number of hydrogen-bond donors (Lipinski definition) is 2. The number of aromatic nitrogens is 1. The third kappa shape index (κ3) is 6.21. The number of thioether (sulfide) groups is 1. The molecule has 1 saturated heterocycles. The van der Waals surface area contributed by atoms with Gasteiger partial charge in [-0.1, -0.05) is 43.2 Å². The maximum absolute atomic E-state index is 12.2. The molecule has 0 aromatic carbocycles. The number of cyclic esters (lactones) is 1. The summed E-state index contributed by atoms with van der Waals surface area (Å²) < 4.78 is 6.05. The summed E-state index contributed by atoms with van der Waals surface area (Å²) in [5, 5.41) is 21.1. The van der Waals surface area contributed by atoms with Crippen LogP contribution in [0.1, 0.15) is 62.9 Å². The van der Waals surface area contributed by atoms with E-state index in [1.807, 2.05) is 26.0 Å². The van der Waals surface area contributed by atoms with Gasteiger partial charge in [0.05, 0.1) is 11.6 Å². The predicted molar refractivity (Wildman–Crippen MR) is 117 cm³/mol. The van der Waals surface area contributed by atoms with E-state index in [4.69, 9.17) is 9.84 Å². The van der Waals surface area contributed by atoms with Crippen molar-refractivity contribution in [3.63, 3.8) is 0 Å². The van der Waals surface area contributed by atoms with Crippen molar-refractivity contribution in [2.24, 2.45) is 5.92 Å². The van der Waals surface area contributed by atoms with E-state index in [2.05, 4.69) is 4.98 Å². The number of hydrogen-bond acceptors (Lipinski definition) is 7. The van der Waals surface area contributed by atoms with Crippen LogP contribution in [0.4, 0.5) is 4.79 Å². The first-order valence-electron chi connectivity index (χ1n) is 10.4. The van der Waals surface area contributed by atoms with Gasteiger partial charge in [-0.2, -0.15) is 0 Å². The number of nitrogens with zero attached hydrogens (tertiary/aromatic N) is 2. The second-order valence-electron chi connectivity index (χ2n) is 8.39. The molecule has 2 fully saturated rings. The van der Waals surface area contributed by atoms with Gasteiger partial charge in [0.25, 0.3) is 0 Å². The van der Waals surface area contributed by atoms with Crippen LogP contribution in [0.15, 0.2) is 21.9 Å². The van der Waals surface area contributed by atoms with Gasteiger partial charge in [0.1, 0.15) is 6.10 Å². The van der Waals surface area contributed by atoms with Crippen molar-refractivity contribution in [1.29, 1.82) is 0 Å². The molecule has 7 nitrogen and oxygen atoms in total. The Hall–Kier alpha value is -1.58. The largest absolute Gasteiger partial charge is 0.476 e. The Bertz CT molecular complexity index is 775. The summed E-state index contributed by atoms with van der Waals surface area (Å²) in [4.78, 5) is 28.9. The molecular formula is C21H30N2O5S2. The molecule has 166 valence electrons. The first-order valence-corrected chi connectivity index (χ1v) is 12.3. The Kier molecular flexibility index (Phi) is 7.81. The predicted octanol–water partition coefficient (Wildman–Crippen LogP) is 4.42. The van der Waals surface area contributed by atoms with Crippen LogP contribution >= 0.6 is 23.1 Å². The molecule has 0 spiro atoms. The number of carboxylic acid groups (broad SMARTS) is 1. The number of carboxylic acids is 1. The highest BCUT2D eigenvalue weighted by Crippen LogP contribution is 2.33. The van der Waals surface area contributed by atoms with Crippen molar-refractivity contribution in [1.82, 2.24) is 9.88 Å². The van der Waals surface area contributed by atoms with Gasteiger partial charge in [-0.3, -0.25) is 4.90 Å². The Labute approximate surface area is 185 Å². The summed E-state index contributed by atoms with van der Waals surface area (Å²) in [7, 11) is 0. The monoisotopic (exact) mass is 454 g/mol. The van der Waals surface area contributed by atoms with Gasteiger partial charge in [0, 0.05) is 17.7 Å². The van der Waals surface area contributed by atoms with E-state index >= 15 is 0 Å². The van der Waals surface area contributed by atoms with Crippen LogP contribution in [0.25, 0.3) is 0 Å². The molecule has 1 aliphatic carbocycles. The van der Waals surface area contributed by atoms with Crippen LogP contribution in [0.2, 0.25) is 0 Å². The molecule has 0 bridgehead atoms. The number of aliphatic hydroxyl groups is 1. The summed E-state index contributed by atoms with van der Waals surface area (Å²) in [5.41, 5.74) is -0.687. The normalized spacial score (nSPS) is 24.1. The molecule has 0 radical (unpaired) electrons. The van der Waals surface area contributed by atoms with Crippen LogP contribution in [0.3, 0.4) is 0 Å². The van der Waals surface area contributed by atoms with E-state index in [0.29, 0.717) is 23.1 Å². The molecule has 3 rings (SSSR count). The summed E-state index contributed by atoms with van der Waals surface area (Å²) in [6.45, 7) is 4.22. The molecule has 2 aliphatic rings. The van der Waals surface area contributed by atoms with Gasteiger partial charge in [-0.05, 0) is 39.0 Å². The number of aromatic carboxylic acids is 1. The van der Waals surface area contributed by atoms with Crippen LogP contribution in [0.5, 0.6) is 0 Å². The van der Waals surface area contributed by atoms with Crippen LogP contribution in [-0.4, -0.2) is 62.2 Å². The zero-order chi connectivity index (χ0) is 21.7. The fourth-order valence-electron chi connectivity index (χ4n) is 3.69. The Morgan fingerprint density at radius 3 is 2.90 bits per heavy atom. The van der Waals surface area contributed by atoms with E-state index in [1.165, 1.54) is 47.7 Å². The fraction of sp³-hybridized carbons (Fsp3) is 0.667. The topological polar surface area (TPSA) is 100.0 Å². The maximum Gasteiger partial charge on any atom is 0.410 e. The molecule has 3 atom stereocenters. The van der Waals surface area contributed by atoms with Crippen molar-refractivity contribution < 1.29 is 24.5 Å². The molecule has 1 aromatic rings. The van der Waals surface area contributed by atoms with Crippen LogP contribution in [0, 0.1) is 5.92 Å². The van der Waals surface area contributed by atoms with E-state index in [9.17, 15) is 14.7 Å². The van der Waals surface area contributed by atoms with E-state index in [-0.39, 0.29) is 23.9 Å². The maximum atomic E-state index is 12.2. The molecular weight excluding hydrogens is 424 g/mol. The first kappa shape index (κ1) is 23.1. The molecule has 2 heterocycles. The molecule has 1 unspecified atom stereocenters. The Balaban J connectivity index is 1.48. The second kappa shape index (κ2) is 10.2. The number of carbonyl (C=O) groups is 2. The fourth-order valence-corrected chi connectivity index (χ4v) is 5.49. The third-order valence-corrected chi connectivity index (χ3v) is 7.83.